The molecule has 0 unspecified atom stereocenters. The summed E-state index contributed by atoms with van der Waals surface area (Å²) in [5.74, 6) is -3.91. The second kappa shape index (κ2) is 7.55. The quantitative estimate of drug-likeness (QED) is 0.336. The van der Waals surface area contributed by atoms with Crippen molar-refractivity contribution in [1.82, 2.24) is 4.98 Å². The van der Waals surface area contributed by atoms with Crippen LogP contribution < -0.4 is 14.2 Å². The van der Waals surface area contributed by atoms with Crippen LogP contribution in [0.2, 0.25) is 0 Å². The molecule has 0 N–H and O–H groups in total. The van der Waals surface area contributed by atoms with Crippen molar-refractivity contribution in [3.8, 4) is 23.0 Å². The first-order valence-corrected chi connectivity index (χ1v) is 7.53. The highest BCUT2D eigenvalue weighted by Crippen LogP contribution is 2.39. The molecule has 1 heterocycles. The maximum atomic E-state index is 14.1. The summed E-state index contributed by atoms with van der Waals surface area (Å²) in [7, 11) is 1.21. The van der Waals surface area contributed by atoms with Crippen LogP contribution in [-0.4, -0.2) is 23.6 Å². The number of nitro benzene ring substituents is 1. The Balaban J connectivity index is 2.08. The summed E-state index contributed by atoms with van der Waals surface area (Å²) in [4.78, 5) is 13.7. The van der Waals surface area contributed by atoms with E-state index in [1.807, 2.05) is 0 Å². The van der Waals surface area contributed by atoms with Crippen molar-refractivity contribution in [2.75, 3.05) is 7.11 Å². The molecule has 0 bridgehead atoms. The lowest BCUT2D eigenvalue weighted by atomic mass is 10.1. The summed E-state index contributed by atoms with van der Waals surface area (Å²) in [6.07, 6.45) is 1.22. The molecule has 11 heteroatoms. The van der Waals surface area contributed by atoms with E-state index in [-0.39, 0.29) is 28.2 Å². The number of non-ortho nitro benzene ring substituents is 1. The normalized spacial score (nSPS) is 10.9. The van der Waals surface area contributed by atoms with E-state index < -0.39 is 34.6 Å². The molecule has 146 valence electrons. The lowest BCUT2D eigenvalue weighted by Gasteiger charge is -2.14. The van der Waals surface area contributed by atoms with Crippen LogP contribution in [-0.2, 0) is 0 Å². The van der Waals surface area contributed by atoms with E-state index in [4.69, 9.17) is 9.47 Å². The van der Waals surface area contributed by atoms with Gasteiger partial charge in [-0.2, -0.15) is 8.78 Å². The van der Waals surface area contributed by atoms with Crippen molar-refractivity contribution in [2.45, 2.75) is 6.61 Å². The number of pyridine rings is 1. The van der Waals surface area contributed by atoms with Crippen molar-refractivity contribution < 1.29 is 36.7 Å². The predicted octanol–water partition coefficient (Wildman–Crippen LogP) is 4.82. The second-order valence-electron chi connectivity index (χ2n) is 5.31. The number of benzene rings is 2. The molecule has 28 heavy (non-hydrogen) atoms. The minimum absolute atomic E-state index is 0.0847. The molecule has 3 rings (SSSR count). The molecule has 0 saturated heterocycles. The SMILES string of the molecule is COc1cc2c(Oc3c(F)cc([N+](=O)[O-])cc3F)ccnc2cc1OC(F)F. The number of halogens is 4. The van der Waals surface area contributed by atoms with Gasteiger partial charge >= 0.3 is 6.61 Å². The largest absolute Gasteiger partial charge is 0.493 e. The number of hydrogen-bond donors (Lipinski definition) is 0. The van der Waals surface area contributed by atoms with E-state index in [1.54, 1.807) is 0 Å². The molecule has 0 spiro atoms. The number of ether oxygens (including phenoxy) is 3. The standard InChI is InChI=1S/C17H10F4N2O5/c1-26-14-6-9-12(7-15(14)28-17(20)21)22-3-2-13(9)27-16-10(18)4-8(23(24)25)5-11(16)19/h2-7,17H,1H3. The molecule has 7 nitrogen and oxygen atoms in total. The van der Waals surface area contributed by atoms with Gasteiger partial charge in [0.05, 0.1) is 29.7 Å². The zero-order valence-electron chi connectivity index (χ0n) is 14.0. The van der Waals surface area contributed by atoms with Crippen molar-refractivity contribution in [1.29, 1.82) is 0 Å². The number of hydrogen-bond acceptors (Lipinski definition) is 6. The van der Waals surface area contributed by atoms with Crippen LogP contribution in [0.25, 0.3) is 10.9 Å². The molecule has 0 atom stereocenters. The molecule has 3 aromatic rings. The molecule has 0 fully saturated rings. The van der Waals surface area contributed by atoms with Gasteiger partial charge in [0.1, 0.15) is 5.75 Å². The van der Waals surface area contributed by atoms with Crippen molar-refractivity contribution in [2.24, 2.45) is 0 Å². The summed E-state index contributed by atoms with van der Waals surface area (Å²) in [5, 5.41) is 10.9. The molecular weight excluding hydrogens is 388 g/mol. The highest BCUT2D eigenvalue weighted by Gasteiger charge is 2.21. The molecule has 0 aliphatic carbocycles. The van der Waals surface area contributed by atoms with Crippen LogP contribution in [0.1, 0.15) is 0 Å². The summed E-state index contributed by atoms with van der Waals surface area (Å²) in [6, 6.07) is 4.69. The lowest BCUT2D eigenvalue weighted by molar-refractivity contribution is -0.385. The van der Waals surface area contributed by atoms with Gasteiger partial charge in [-0.1, -0.05) is 0 Å². The molecule has 2 aromatic carbocycles. The lowest BCUT2D eigenvalue weighted by Crippen LogP contribution is -2.04. The summed E-state index contributed by atoms with van der Waals surface area (Å²) in [5.41, 5.74) is -0.658. The van der Waals surface area contributed by atoms with Gasteiger partial charge in [0.15, 0.2) is 28.9 Å². The Kier molecular flexibility index (Phi) is 5.16. The zero-order valence-corrected chi connectivity index (χ0v) is 14.0. The first-order valence-electron chi connectivity index (χ1n) is 7.53. The van der Waals surface area contributed by atoms with Gasteiger partial charge in [-0.25, -0.2) is 8.78 Å². The third-order valence-electron chi connectivity index (χ3n) is 3.61. The molecule has 1 aromatic heterocycles. The Hall–Kier alpha value is -3.63. The van der Waals surface area contributed by atoms with Gasteiger partial charge in [-0.3, -0.25) is 15.1 Å². The van der Waals surface area contributed by atoms with E-state index in [2.05, 4.69) is 9.72 Å². The van der Waals surface area contributed by atoms with Gasteiger partial charge < -0.3 is 14.2 Å². The summed E-state index contributed by atoms with van der Waals surface area (Å²) >= 11 is 0. The van der Waals surface area contributed by atoms with Gasteiger partial charge in [0.2, 0.25) is 0 Å². The van der Waals surface area contributed by atoms with Gasteiger partial charge in [-0.15, -0.1) is 0 Å². The van der Waals surface area contributed by atoms with Crippen LogP contribution in [0, 0.1) is 21.7 Å². The second-order valence-corrected chi connectivity index (χ2v) is 5.31. The van der Waals surface area contributed by atoms with Crippen molar-refractivity contribution >= 4 is 16.6 Å². The third-order valence-corrected chi connectivity index (χ3v) is 3.61. The fraction of sp³-hybridized carbons (Fsp3) is 0.118. The monoisotopic (exact) mass is 398 g/mol. The first kappa shape index (κ1) is 19.1. The molecule has 0 saturated carbocycles. The van der Waals surface area contributed by atoms with E-state index in [0.717, 1.165) is 6.07 Å². The molecule has 0 aliphatic heterocycles. The highest BCUT2D eigenvalue weighted by molar-refractivity contribution is 5.88. The number of methoxy groups -OCH3 is 1. The predicted molar refractivity (Wildman–Crippen MR) is 88.0 cm³/mol. The van der Waals surface area contributed by atoms with Crippen molar-refractivity contribution in [3.63, 3.8) is 0 Å². The average Bonchev–Trinajstić information content (AvgIpc) is 2.63. The minimum Gasteiger partial charge on any atom is -0.493 e. The molecule has 0 amide bonds. The van der Waals surface area contributed by atoms with Crippen LogP contribution in [0.4, 0.5) is 23.2 Å². The Morgan fingerprint density at radius 1 is 1.07 bits per heavy atom. The van der Waals surface area contributed by atoms with E-state index >= 15 is 0 Å². The van der Waals surface area contributed by atoms with Gasteiger partial charge in [0.25, 0.3) is 5.69 Å². The number of nitro groups is 1. The zero-order chi connectivity index (χ0) is 20.4. The summed E-state index contributed by atoms with van der Waals surface area (Å²) < 4.78 is 67.8. The van der Waals surface area contributed by atoms with Crippen LogP contribution in [0.3, 0.4) is 0 Å². The first-order chi connectivity index (χ1) is 13.3. The number of aromatic nitrogens is 1. The van der Waals surface area contributed by atoms with Crippen molar-refractivity contribution in [3.05, 3.63) is 58.3 Å². The Bertz CT molecular complexity index is 1040. The molecule has 0 aliphatic rings. The average molecular weight is 398 g/mol. The highest BCUT2D eigenvalue weighted by atomic mass is 19.3. The third kappa shape index (κ3) is 3.72. The molecular formula is C17H10F4N2O5. The fourth-order valence-corrected chi connectivity index (χ4v) is 2.42. The minimum atomic E-state index is -3.10. The van der Waals surface area contributed by atoms with Crippen LogP contribution in [0.15, 0.2) is 36.5 Å². The van der Waals surface area contributed by atoms with E-state index in [0.29, 0.717) is 12.1 Å². The molecule has 0 radical (unpaired) electrons. The fourth-order valence-electron chi connectivity index (χ4n) is 2.42. The number of rotatable bonds is 6. The Morgan fingerprint density at radius 3 is 2.32 bits per heavy atom. The number of nitrogens with zero attached hydrogens (tertiary/aromatic N) is 2. The van der Waals surface area contributed by atoms with Crippen LogP contribution >= 0.6 is 0 Å². The Morgan fingerprint density at radius 2 is 1.75 bits per heavy atom. The van der Waals surface area contributed by atoms with E-state index in [9.17, 15) is 27.7 Å². The van der Waals surface area contributed by atoms with Gasteiger partial charge in [-0.05, 0) is 12.1 Å². The maximum Gasteiger partial charge on any atom is 0.387 e. The number of fused-ring (bicyclic) bond motifs is 1. The topological polar surface area (TPSA) is 83.7 Å². The smallest absolute Gasteiger partial charge is 0.387 e. The maximum absolute atomic E-state index is 14.1. The number of alkyl halides is 2. The van der Waals surface area contributed by atoms with Gasteiger partial charge in [0, 0.05) is 17.6 Å². The van der Waals surface area contributed by atoms with E-state index in [1.165, 1.54) is 25.4 Å². The Labute approximate surface area is 154 Å². The van der Waals surface area contributed by atoms with Crippen LogP contribution in [0.5, 0.6) is 23.0 Å². The summed E-state index contributed by atoms with van der Waals surface area (Å²) in [6.45, 7) is -3.10.